The Morgan fingerprint density at radius 1 is 0.282 bits per heavy atom. The summed E-state index contributed by atoms with van der Waals surface area (Å²) in [7, 11) is 0. The first-order valence-electron chi connectivity index (χ1n) is 10.2. The van der Waals surface area contributed by atoms with Gasteiger partial charge in [-0.05, 0) is 18.2 Å². The smallest absolute Gasteiger partial charge is 0.185 e. The molecule has 0 atom stereocenters. The maximum absolute atomic E-state index is 14.2. The fourth-order valence-electron chi connectivity index (χ4n) is 3.33. The van der Waals surface area contributed by atoms with Crippen molar-refractivity contribution in [3.8, 4) is 0 Å². The Balaban J connectivity index is 1.87. The van der Waals surface area contributed by atoms with Gasteiger partial charge in [-0.25, -0.2) is 52.7 Å². The Morgan fingerprint density at radius 2 is 0.462 bits per heavy atom. The van der Waals surface area contributed by atoms with Gasteiger partial charge < -0.3 is 16.0 Å². The fourth-order valence-corrected chi connectivity index (χ4v) is 3.33. The second-order valence-corrected chi connectivity index (χ2v) is 7.70. The van der Waals surface area contributed by atoms with Crippen molar-refractivity contribution in [3.63, 3.8) is 0 Å². The highest BCUT2D eigenvalue weighted by molar-refractivity contribution is 5.77. The van der Waals surface area contributed by atoms with E-state index in [0.29, 0.717) is 0 Å². The molecule has 39 heavy (non-hydrogen) atoms. The highest BCUT2D eigenvalue weighted by Crippen LogP contribution is 2.35. The van der Waals surface area contributed by atoms with Gasteiger partial charge >= 0.3 is 0 Å². The maximum atomic E-state index is 14.2. The van der Waals surface area contributed by atoms with Crippen molar-refractivity contribution in [2.24, 2.45) is 0 Å². The minimum atomic E-state index is -1.93. The van der Waals surface area contributed by atoms with E-state index in [2.05, 4.69) is 0 Å². The van der Waals surface area contributed by atoms with Crippen LogP contribution in [0.1, 0.15) is 0 Å². The first-order chi connectivity index (χ1) is 18.3. The zero-order chi connectivity index (χ0) is 28.8. The lowest BCUT2D eigenvalue weighted by molar-refractivity contribution is 0.459. The molecule has 0 saturated carbocycles. The van der Waals surface area contributed by atoms with Gasteiger partial charge in [0.25, 0.3) is 0 Å². The molecule has 0 aliphatic carbocycles. The van der Waals surface area contributed by atoms with Crippen LogP contribution in [-0.4, -0.2) is 0 Å². The van der Waals surface area contributed by atoms with Crippen LogP contribution in [0.3, 0.4) is 0 Å². The van der Waals surface area contributed by atoms with Crippen molar-refractivity contribution < 1.29 is 52.7 Å². The van der Waals surface area contributed by atoms with Gasteiger partial charge in [0.15, 0.2) is 69.8 Å². The van der Waals surface area contributed by atoms with Crippen molar-refractivity contribution in [2.45, 2.75) is 0 Å². The van der Waals surface area contributed by atoms with Gasteiger partial charge in [0, 0.05) is 35.3 Å². The molecule has 0 radical (unpaired) electrons. The molecular weight excluding hydrogens is 558 g/mol. The summed E-state index contributed by atoms with van der Waals surface area (Å²) in [5.74, 6) is -22.7. The molecule has 3 nitrogen and oxygen atoms in total. The quantitative estimate of drug-likeness (QED) is 0.161. The Labute approximate surface area is 209 Å². The normalized spacial score (nSPS) is 11.1. The van der Waals surface area contributed by atoms with E-state index >= 15 is 0 Å². The molecule has 15 heteroatoms. The van der Waals surface area contributed by atoms with Gasteiger partial charge in [0.2, 0.25) is 0 Å². The topological polar surface area (TPSA) is 36.1 Å². The van der Waals surface area contributed by atoms with Gasteiger partial charge in [-0.15, -0.1) is 0 Å². The van der Waals surface area contributed by atoms with Gasteiger partial charge in [0.05, 0.1) is 0 Å². The summed E-state index contributed by atoms with van der Waals surface area (Å²) in [6.07, 6.45) is 0. The van der Waals surface area contributed by atoms with Crippen LogP contribution in [0.5, 0.6) is 0 Å². The third kappa shape index (κ3) is 5.24. The predicted octanol–water partition coefficient (Wildman–Crippen LogP) is 8.59. The third-order valence-electron chi connectivity index (χ3n) is 5.08. The molecule has 0 spiro atoms. The van der Waals surface area contributed by atoms with Gasteiger partial charge in [0.1, 0.15) is 17.1 Å². The molecule has 0 fully saturated rings. The highest BCUT2D eigenvalue weighted by Gasteiger charge is 2.23. The van der Waals surface area contributed by atoms with E-state index in [1.807, 2.05) is 16.0 Å². The number of nitrogens with one attached hydrogen (secondary N) is 3. The van der Waals surface area contributed by atoms with E-state index in [1.54, 1.807) is 0 Å². The molecule has 4 aromatic carbocycles. The molecule has 4 rings (SSSR count). The number of hydrogen-bond donors (Lipinski definition) is 3. The zero-order valence-corrected chi connectivity index (χ0v) is 18.5. The van der Waals surface area contributed by atoms with Crippen molar-refractivity contribution in [3.05, 3.63) is 106 Å². The minimum Gasteiger partial charge on any atom is -0.350 e. The zero-order valence-electron chi connectivity index (χ0n) is 18.5. The van der Waals surface area contributed by atoms with Crippen LogP contribution < -0.4 is 16.0 Å². The SMILES string of the molecule is Fc1cc(F)c(F)c(Nc2cc(Nc3c(F)c(F)cc(F)c3F)cc(Nc3c(F)c(F)cc(F)c3F)c2)c1F. The Kier molecular flexibility index (Phi) is 7.26. The number of anilines is 6. The van der Waals surface area contributed by atoms with Gasteiger partial charge in [-0.3, -0.25) is 0 Å². The molecular formula is C24H9F12N3. The molecule has 0 saturated heterocycles. The number of hydrogen-bond acceptors (Lipinski definition) is 3. The summed E-state index contributed by atoms with van der Waals surface area (Å²) in [4.78, 5) is 0. The lowest BCUT2D eigenvalue weighted by Crippen LogP contribution is -2.07. The van der Waals surface area contributed by atoms with Crippen molar-refractivity contribution >= 4 is 34.1 Å². The van der Waals surface area contributed by atoms with Crippen LogP contribution in [0.25, 0.3) is 0 Å². The lowest BCUT2D eigenvalue weighted by atomic mass is 10.2. The fraction of sp³-hybridized carbons (Fsp3) is 0. The Morgan fingerprint density at radius 3 is 0.641 bits per heavy atom. The lowest BCUT2D eigenvalue weighted by Gasteiger charge is -2.17. The van der Waals surface area contributed by atoms with Crippen molar-refractivity contribution in [2.75, 3.05) is 16.0 Å². The molecule has 0 amide bonds. The largest absolute Gasteiger partial charge is 0.350 e. The summed E-state index contributed by atoms with van der Waals surface area (Å²) >= 11 is 0. The van der Waals surface area contributed by atoms with E-state index in [4.69, 9.17) is 0 Å². The van der Waals surface area contributed by atoms with E-state index < -0.39 is 104 Å². The average molecular weight is 567 g/mol. The van der Waals surface area contributed by atoms with Crippen LogP contribution in [0.4, 0.5) is 86.8 Å². The van der Waals surface area contributed by atoms with E-state index in [1.165, 1.54) is 0 Å². The standard InChI is InChI=1S/C24H9F12N3/c25-10-4-11(26)17(32)22(16(10)31)37-7-1-8(38-23-18(33)12(27)5-13(28)19(23)34)3-9(2-7)39-24-20(35)14(29)6-15(30)21(24)36/h1-6,37-39H. The summed E-state index contributed by atoms with van der Waals surface area (Å²) in [5.41, 5.74) is -6.17. The molecule has 3 N–H and O–H groups in total. The van der Waals surface area contributed by atoms with E-state index in [9.17, 15) is 52.7 Å². The second-order valence-electron chi connectivity index (χ2n) is 7.70. The molecule has 0 aliphatic rings. The van der Waals surface area contributed by atoms with Crippen LogP contribution in [0.15, 0.2) is 36.4 Å². The van der Waals surface area contributed by atoms with Crippen LogP contribution in [-0.2, 0) is 0 Å². The molecule has 0 heterocycles. The van der Waals surface area contributed by atoms with Gasteiger partial charge in [-0.2, -0.15) is 0 Å². The molecule has 0 aromatic heterocycles. The van der Waals surface area contributed by atoms with Gasteiger partial charge in [-0.1, -0.05) is 0 Å². The molecule has 204 valence electrons. The number of halogens is 12. The van der Waals surface area contributed by atoms with E-state index in [-0.39, 0.29) is 18.2 Å². The third-order valence-corrected chi connectivity index (χ3v) is 5.08. The second kappa shape index (κ2) is 10.3. The first-order valence-corrected chi connectivity index (χ1v) is 10.2. The summed E-state index contributed by atoms with van der Waals surface area (Å²) in [6, 6.07) is 1.84. The van der Waals surface area contributed by atoms with Crippen LogP contribution in [0.2, 0.25) is 0 Å². The summed E-state index contributed by atoms with van der Waals surface area (Å²) < 4.78 is 167. The Hall–Kier alpha value is -4.56. The van der Waals surface area contributed by atoms with Crippen LogP contribution >= 0.6 is 0 Å². The van der Waals surface area contributed by atoms with Crippen molar-refractivity contribution in [1.82, 2.24) is 0 Å². The van der Waals surface area contributed by atoms with E-state index in [0.717, 1.165) is 18.2 Å². The van der Waals surface area contributed by atoms with Crippen molar-refractivity contribution in [1.29, 1.82) is 0 Å². The maximum Gasteiger partial charge on any atom is 0.185 e. The Bertz CT molecular complexity index is 1340. The minimum absolute atomic E-state index is 0.116. The molecule has 0 bridgehead atoms. The van der Waals surface area contributed by atoms with Crippen LogP contribution in [0, 0.1) is 69.8 Å². The monoisotopic (exact) mass is 567 g/mol. The number of benzene rings is 4. The number of rotatable bonds is 6. The first kappa shape index (κ1) is 27.5. The predicted molar refractivity (Wildman–Crippen MR) is 115 cm³/mol. The summed E-state index contributed by atoms with van der Waals surface area (Å²) in [5, 5.41) is 5.69. The highest BCUT2D eigenvalue weighted by atomic mass is 19.2. The molecule has 0 aliphatic heterocycles. The molecule has 4 aromatic rings. The average Bonchev–Trinajstić information content (AvgIpc) is 2.88. The molecule has 0 unspecified atom stereocenters. The summed E-state index contributed by atoms with van der Waals surface area (Å²) in [6.45, 7) is 0.